The first-order valence-corrected chi connectivity index (χ1v) is 7.07. The maximum Gasteiger partial charge on any atom is 0.0841 e. The molecule has 2 rings (SSSR count). The van der Waals surface area contributed by atoms with Crippen molar-refractivity contribution in [3.63, 3.8) is 0 Å². The van der Waals surface area contributed by atoms with Gasteiger partial charge in [0.2, 0.25) is 0 Å². The van der Waals surface area contributed by atoms with Crippen molar-refractivity contribution in [1.29, 1.82) is 0 Å². The standard InChI is InChI=1S/C14H20ClN3/c1-3-11(9-15)16-10-13-12-7-5-6-8-14(12)18(4-2)17-13/h5-8,11,16H,3-4,9-10H2,1-2H3. The molecule has 0 saturated carbocycles. The van der Waals surface area contributed by atoms with Crippen LogP contribution in [0.25, 0.3) is 10.9 Å². The summed E-state index contributed by atoms with van der Waals surface area (Å²) in [6, 6.07) is 8.73. The zero-order chi connectivity index (χ0) is 13.0. The summed E-state index contributed by atoms with van der Waals surface area (Å²) in [7, 11) is 0. The zero-order valence-electron chi connectivity index (χ0n) is 11.0. The average molecular weight is 266 g/mol. The van der Waals surface area contributed by atoms with Gasteiger partial charge in [-0.05, 0) is 19.4 Å². The van der Waals surface area contributed by atoms with Gasteiger partial charge >= 0.3 is 0 Å². The molecule has 0 fully saturated rings. The predicted octanol–water partition coefficient (Wildman–Crippen LogP) is 3.16. The van der Waals surface area contributed by atoms with Crippen LogP contribution in [0.2, 0.25) is 0 Å². The summed E-state index contributed by atoms with van der Waals surface area (Å²) in [6.07, 6.45) is 1.04. The molecule has 0 aliphatic carbocycles. The molecule has 1 aromatic heterocycles. The van der Waals surface area contributed by atoms with Crippen molar-refractivity contribution in [2.75, 3.05) is 5.88 Å². The van der Waals surface area contributed by atoms with Gasteiger partial charge in [0.25, 0.3) is 0 Å². The Morgan fingerprint density at radius 2 is 2.11 bits per heavy atom. The number of para-hydroxylation sites is 1. The summed E-state index contributed by atoms with van der Waals surface area (Å²) >= 11 is 5.90. The van der Waals surface area contributed by atoms with Crippen molar-refractivity contribution in [3.8, 4) is 0 Å². The van der Waals surface area contributed by atoms with E-state index in [0.29, 0.717) is 11.9 Å². The van der Waals surface area contributed by atoms with Gasteiger partial charge in [-0.25, -0.2) is 0 Å². The minimum Gasteiger partial charge on any atom is -0.307 e. The van der Waals surface area contributed by atoms with Crippen molar-refractivity contribution >= 4 is 22.5 Å². The van der Waals surface area contributed by atoms with E-state index in [1.54, 1.807) is 0 Å². The van der Waals surface area contributed by atoms with Gasteiger partial charge in [-0.15, -0.1) is 11.6 Å². The number of rotatable bonds is 6. The van der Waals surface area contributed by atoms with Crippen LogP contribution in [0.5, 0.6) is 0 Å². The minimum absolute atomic E-state index is 0.359. The van der Waals surface area contributed by atoms with Crippen LogP contribution < -0.4 is 5.32 Å². The van der Waals surface area contributed by atoms with E-state index >= 15 is 0 Å². The molecule has 1 heterocycles. The maximum absolute atomic E-state index is 5.90. The van der Waals surface area contributed by atoms with Crippen LogP contribution >= 0.6 is 11.6 Å². The highest BCUT2D eigenvalue weighted by Crippen LogP contribution is 2.18. The molecule has 0 spiro atoms. The first-order valence-electron chi connectivity index (χ1n) is 6.53. The number of aryl methyl sites for hydroxylation is 1. The van der Waals surface area contributed by atoms with E-state index in [-0.39, 0.29) is 0 Å². The van der Waals surface area contributed by atoms with Crippen LogP contribution in [0, 0.1) is 0 Å². The Hall–Kier alpha value is -1.06. The van der Waals surface area contributed by atoms with Gasteiger partial charge < -0.3 is 5.32 Å². The third kappa shape index (κ3) is 2.68. The van der Waals surface area contributed by atoms with Crippen LogP contribution in [-0.4, -0.2) is 21.7 Å². The summed E-state index contributed by atoms with van der Waals surface area (Å²) in [6.45, 7) is 5.93. The normalized spacial score (nSPS) is 13.1. The van der Waals surface area contributed by atoms with Gasteiger partial charge in [-0.1, -0.05) is 25.1 Å². The quantitative estimate of drug-likeness (QED) is 0.813. The topological polar surface area (TPSA) is 29.9 Å². The molecular formula is C14H20ClN3. The molecule has 1 atom stereocenters. The number of fused-ring (bicyclic) bond motifs is 1. The Morgan fingerprint density at radius 1 is 1.33 bits per heavy atom. The number of alkyl halides is 1. The molecule has 0 amide bonds. The first-order chi connectivity index (χ1) is 8.80. The van der Waals surface area contributed by atoms with Crippen LogP contribution in [-0.2, 0) is 13.1 Å². The highest BCUT2D eigenvalue weighted by Gasteiger charge is 2.10. The second-order valence-electron chi connectivity index (χ2n) is 4.42. The predicted molar refractivity (Wildman–Crippen MR) is 77.0 cm³/mol. The van der Waals surface area contributed by atoms with Gasteiger partial charge in [0.1, 0.15) is 0 Å². The fourth-order valence-electron chi connectivity index (χ4n) is 2.12. The van der Waals surface area contributed by atoms with Crippen LogP contribution in [0.3, 0.4) is 0 Å². The number of benzene rings is 1. The number of aromatic nitrogens is 2. The molecule has 18 heavy (non-hydrogen) atoms. The minimum atomic E-state index is 0.359. The summed E-state index contributed by atoms with van der Waals surface area (Å²) in [5.74, 6) is 0.642. The summed E-state index contributed by atoms with van der Waals surface area (Å²) < 4.78 is 2.05. The van der Waals surface area contributed by atoms with Crippen LogP contribution in [0.4, 0.5) is 0 Å². The molecule has 0 saturated heterocycles. The van der Waals surface area contributed by atoms with Gasteiger partial charge in [0, 0.05) is 30.4 Å². The highest BCUT2D eigenvalue weighted by molar-refractivity contribution is 6.18. The van der Waals surface area contributed by atoms with Crippen molar-refractivity contribution in [2.45, 2.75) is 39.4 Å². The monoisotopic (exact) mass is 265 g/mol. The number of hydrogen-bond donors (Lipinski definition) is 1. The molecule has 0 aliphatic heterocycles. The zero-order valence-corrected chi connectivity index (χ0v) is 11.7. The number of nitrogens with zero attached hydrogens (tertiary/aromatic N) is 2. The van der Waals surface area contributed by atoms with E-state index < -0.39 is 0 Å². The van der Waals surface area contributed by atoms with Crippen molar-refractivity contribution in [1.82, 2.24) is 15.1 Å². The van der Waals surface area contributed by atoms with Gasteiger partial charge in [0.05, 0.1) is 11.2 Å². The lowest BCUT2D eigenvalue weighted by Crippen LogP contribution is -2.29. The van der Waals surface area contributed by atoms with E-state index in [0.717, 1.165) is 25.2 Å². The second-order valence-corrected chi connectivity index (χ2v) is 4.73. The Bertz CT molecular complexity index is 503. The van der Waals surface area contributed by atoms with E-state index in [4.69, 9.17) is 11.6 Å². The lowest BCUT2D eigenvalue weighted by molar-refractivity contribution is 0.528. The van der Waals surface area contributed by atoms with Gasteiger partial charge in [-0.3, -0.25) is 4.68 Å². The van der Waals surface area contributed by atoms with E-state index in [1.807, 2.05) is 4.68 Å². The first kappa shape index (κ1) is 13.4. The largest absolute Gasteiger partial charge is 0.307 e. The van der Waals surface area contributed by atoms with Crippen molar-refractivity contribution < 1.29 is 0 Å². The molecular weight excluding hydrogens is 246 g/mol. The number of nitrogens with one attached hydrogen (secondary N) is 1. The van der Waals surface area contributed by atoms with Crippen LogP contribution in [0.1, 0.15) is 26.0 Å². The van der Waals surface area contributed by atoms with Gasteiger partial charge in [0.15, 0.2) is 0 Å². The fraction of sp³-hybridized carbons (Fsp3) is 0.500. The Morgan fingerprint density at radius 3 is 2.78 bits per heavy atom. The lowest BCUT2D eigenvalue weighted by atomic mass is 10.2. The molecule has 98 valence electrons. The average Bonchev–Trinajstić information content (AvgIpc) is 2.78. The molecule has 3 nitrogen and oxygen atoms in total. The SMILES string of the molecule is CCC(CCl)NCc1nn(CC)c2ccccc12. The van der Waals surface area contributed by atoms with E-state index in [2.05, 4.69) is 48.5 Å². The van der Waals surface area contributed by atoms with Gasteiger partial charge in [-0.2, -0.15) is 5.10 Å². The van der Waals surface area contributed by atoms with E-state index in [9.17, 15) is 0 Å². The maximum atomic E-state index is 5.90. The highest BCUT2D eigenvalue weighted by atomic mass is 35.5. The molecule has 1 unspecified atom stereocenters. The molecule has 0 radical (unpaired) electrons. The third-order valence-corrected chi connectivity index (χ3v) is 3.64. The summed E-state index contributed by atoms with van der Waals surface area (Å²) in [5, 5.41) is 9.35. The summed E-state index contributed by atoms with van der Waals surface area (Å²) in [4.78, 5) is 0. The molecule has 4 heteroatoms. The molecule has 1 N–H and O–H groups in total. The Labute approximate surface area is 113 Å². The molecule has 2 aromatic rings. The second kappa shape index (κ2) is 6.21. The Kier molecular flexibility index (Phi) is 4.61. The number of hydrogen-bond acceptors (Lipinski definition) is 2. The van der Waals surface area contributed by atoms with Crippen molar-refractivity contribution in [2.24, 2.45) is 0 Å². The fourth-order valence-corrected chi connectivity index (χ4v) is 2.44. The molecule has 1 aromatic carbocycles. The lowest BCUT2D eigenvalue weighted by Gasteiger charge is -2.12. The number of halogens is 1. The molecule has 0 aliphatic rings. The van der Waals surface area contributed by atoms with Crippen molar-refractivity contribution in [3.05, 3.63) is 30.0 Å². The third-order valence-electron chi connectivity index (χ3n) is 3.27. The van der Waals surface area contributed by atoms with Crippen LogP contribution in [0.15, 0.2) is 24.3 Å². The molecule has 0 bridgehead atoms. The summed E-state index contributed by atoms with van der Waals surface area (Å²) in [5.41, 5.74) is 2.31. The van der Waals surface area contributed by atoms with E-state index in [1.165, 1.54) is 10.9 Å². The Balaban J connectivity index is 2.22. The smallest absolute Gasteiger partial charge is 0.0841 e.